The second-order valence-electron chi connectivity index (χ2n) is 8.42. The highest BCUT2D eigenvalue weighted by atomic mass is 35.5. The predicted octanol–water partition coefficient (Wildman–Crippen LogP) is 3.77. The summed E-state index contributed by atoms with van der Waals surface area (Å²) in [7, 11) is -0.822. The molecule has 2 fully saturated rings. The van der Waals surface area contributed by atoms with Gasteiger partial charge < -0.3 is 10.2 Å². The van der Waals surface area contributed by atoms with Crippen LogP contribution < -0.4 is 5.32 Å². The van der Waals surface area contributed by atoms with Crippen LogP contribution >= 0.6 is 22.9 Å². The summed E-state index contributed by atoms with van der Waals surface area (Å²) in [6, 6.07) is 7.36. The Kier molecular flexibility index (Phi) is 5.24. The van der Waals surface area contributed by atoms with Crippen molar-refractivity contribution in [3.8, 4) is 0 Å². The first kappa shape index (κ1) is 20.2. The summed E-state index contributed by atoms with van der Waals surface area (Å²) in [4.78, 5) is 28.3. The Morgan fingerprint density at radius 3 is 2.67 bits per heavy atom. The maximum absolute atomic E-state index is 13.1. The van der Waals surface area contributed by atoms with E-state index in [2.05, 4.69) is 5.32 Å². The van der Waals surface area contributed by atoms with Gasteiger partial charge in [0, 0.05) is 46.1 Å². The zero-order valence-corrected chi connectivity index (χ0v) is 18.9. The van der Waals surface area contributed by atoms with Gasteiger partial charge in [0.15, 0.2) is 0 Å². The molecule has 0 radical (unpaired) electrons. The lowest BCUT2D eigenvalue weighted by Gasteiger charge is -2.30. The van der Waals surface area contributed by atoms with Crippen molar-refractivity contribution in [1.29, 1.82) is 0 Å². The summed E-state index contributed by atoms with van der Waals surface area (Å²) >= 11 is 7.25. The zero-order chi connectivity index (χ0) is 20.9. The van der Waals surface area contributed by atoms with Gasteiger partial charge in [-0.05, 0) is 55.4 Å². The number of amides is 2. The maximum atomic E-state index is 13.1. The number of benzene rings is 1. The molecule has 1 atom stereocenters. The third-order valence-corrected chi connectivity index (χ3v) is 9.89. The van der Waals surface area contributed by atoms with Gasteiger partial charge in [-0.1, -0.05) is 23.7 Å². The van der Waals surface area contributed by atoms with Crippen LogP contribution in [0.5, 0.6) is 0 Å². The smallest absolute Gasteiger partial charge is 0.264 e. The van der Waals surface area contributed by atoms with E-state index in [9.17, 15) is 13.8 Å². The molecular weight excluding hydrogens is 440 g/mol. The van der Waals surface area contributed by atoms with Gasteiger partial charge in [-0.3, -0.25) is 13.8 Å². The van der Waals surface area contributed by atoms with E-state index in [1.54, 1.807) is 17.5 Å². The van der Waals surface area contributed by atoms with E-state index < -0.39 is 10.8 Å². The molecule has 1 aromatic carbocycles. The number of rotatable bonds is 7. The van der Waals surface area contributed by atoms with E-state index >= 15 is 0 Å². The second-order valence-corrected chi connectivity index (χ2v) is 11.9. The van der Waals surface area contributed by atoms with Crippen LogP contribution in [-0.4, -0.2) is 44.0 Å². The zero-order valence-electron chi connectivity index (χ0n) is 16.5. The molecule has 1 N–H and O–H groups in total. The first-order chi connectivity index (χ1) is 14.5. The van der Waals surface area contributed by atoms with Crippen LogP contribution in [0, 0.1) is 0 Å². The number of nitrogens with zero attached hydrogens (tertiary/aromatic N) is 1. The van der Waals surface area contributed by atoms with E-state index in [0.29, 0.717) is 46.8 Å². The molecule has 3 aliphatic rings. The minimum Gasteiger partial charge on any atom is -0.348 e. The molecule has 2 aromatic rings. The summed E-state index contributed by atoms with van der Waals surface area (Å²) in [5.74, 6) is -0.172. The van der Waals surface area contributed by atoms with Crippen LogP contribution in [0.1, 0.15) is 56.8 Å². The Hall–Kier alpha value is -1.70. The first-order valence-corrected chi connectivity index (χ1v) is 12.8. The minimum atomic E-state index is -0.822. The monoisotopic (exact) mass is 462 g/mol. The number of nitrogens with one attached hydrogen (secondary N) is 1. The van der Waals surface area contributed by atoms with Gasteiger partial charge in [0.25, 0.3) is 11.8 Å². The lowest BCUT2D eigenvalue weighted by molar-refractivity contribution is 0.0742. The van der Waals surface area contributed by atoms with E-state index in [4.69, 9.17) is 11.6 Å². The van der Waals surface area contributed by atoms with Crippen molar-refractivity contribution < 1.29 is 13.8 Å². The Bertz CT molecular complexity index is 1030. The third-order valence-electron chi connectivity index (χ3n) is 6.16. The Labute approximate surface area is 187 Å². The van der Waals surface area contributed by atoms with Gasteiger partial charge in [-0.25, -0.2) is 0 Å². The number of thiophene rings is 1. The molecule has 1 unspecified atom stereocenters. The van der Waals surface area contributed by atoms with Crippen LogP contribution in [0.25, 0.3) is 0 Å². The average molecular weight is 463 g/mol. The predicted molar refractivity (Wildman–Crippen MR) is 120 cm³/mol. The van der Waals surface area contributed by atoms with E-state index in [0.717, 1.165) is 36.8 Å². The van der Waals surface area contributed by atoms with Crippen molar-refractivity contribution in [3.05, 3.63) is 56.2 Å². The molecule has 158 valence electrons. The van der Waals surface area contributed by atoms with Gasteiger partial charge >= 0.3 is 0 Å². The van der Waals surface area contributed by atoms with Crippen LogP contribution in [-0.2, 0) is 23.8 Å². The molecule has 2 heterocycles. The summed E-state index contributed by atoms with van der Waals surface area (Å²) < 4.78 is 12.6. The van der Waals surface area contributed by atoms with Crippen molar-refractivity contribution in [1.82, 2.24) is 10.2 Å². The molecule has 30 heavy (non-hydrogen) atoms. The van der Waals surface area contributed by atoms with Crippen molar-refractivity contribution in [2.24, 2.45) is 0 Å². The van der Waals surface area contributed by atoms with Crippen LogP contribution in [0.3, 0.4) is 0 Å². The molecule has 0 bridgehead atoms. The summed E-state index contributed by atoms with van der Waals surface area (Å²) in [6.07, 6.45) is 4.70. The molecule has 1 aliphatic heterocycles. The number of hydrogen-bond acceptors (Lipinski definition) is 4. The lowest BCUT2D eigenvalue weighted by Crippen LogP contribution is -2.44. The molecule has 5 nitrogen and oxygen atoms in total. The number of carbonyl (C=O) groups excluding carboxylic acids is 2. The van der Waals surface area contributed by atoms with E-state index in [1.165, 1.54) is 11.3 Å². The first-order valence-electron chi connectivity index (χ1n) is 10.3. The van der Waals surface area contributed by atoms with Gasteiger partial charge in [-0.15, -0.1) is 11.3 Å². The standard InChI is InChI=1S/C22H23ClN2O3S2/c23-15-3-1-14(2-4-15)11-24-20(26)18-12-29-19-17(18)7-10-25(21(19)27)13-22(8-9-22)30(28)16-5-6-16/h1-4,12,16H,5-11,13H2,(H,24,26). The number of hydrogen-bond donors (Lipinski definition) is 1. The molecule has 1 aromatic heterocycles. The van der Waals surface area contributed by atoms with Crippen molar-refractivity contribution >= 4 is 45.6 Å². The van der Waals surface area contributed by atoms with E-state index in [1.807, 2.05) is 17.0 Å². The highest BCUT2D eigenvalue weighted by molar-refractivity contribution is 7.87. The number of halogens is 1. The van der Waals surface area contributed by atoms with Gasteiger partial charge in [-0.2, -0.15) is 0 Å². The van der Waals surface area contributed by atoms with Gasteiger partial charge in [0.2, 0.25) is 0 Å². The minimum absolute atomic E-state index is 0.0166. The molecule has 2 aliphatic carbocycles. The normalized spacial score (nSPS) is 20.6. The SMILES string of the molecule is O=C(NCc1ccc(Cl)cc1)c1csc2c1CCN(CC1(S(=O)C3CC3)CC1)C2=O. The van der Waals surface area contributed by atoms with Crippen LogP contribution in [0.15, 0.2) is 29.6 Å². The van der Waals surface area contributed by atoms with Crippen molar-refractivity contribution in [2.75, 3.05) is 13.1 Å². The highest BCUT2D eigenvalue weighted by Crippen LogP contribution is 2.48. The molecule has 5 rings (SSSR count). The Balaban J connectivity index is 1.25. The van der Waals surface area contributed by atoms with Gasteiger partial charge in [0.05, 0.1) is 15.2 Å². The molecule has 2 saturated carbocycles. The van der Waals surface area contributed by atoms with Crippen molar-refractivity contribution in [3.63, 3.8) is 0 Å². The largest absolute Gasteiger partial charge is 0.348 e. The fourth-order valence-corrected chi connectivity index (χ4v) is 7.32. The van der Waals surface area contributed by atoms with Crippen LogP contribution in [0.4, 0.5) is 0 Å². The number of carbonyl (C=O) groups is 2. The highest BCUT2D eigenvalue weighted by Gasteiger charge is 2.54. The summed E-state index contributed by atoms with van der Waals surface area (Å²) in [6.45, 7) is 1.59. The fourth-order valence-electron chi connectivity index (χ4n) is 4.07. The van der Waals surface area contributed by atoms with Gasteiger partial charge in [0.1, 0.15) is 0 Å². The lowest BCUT2D eigenvalue weighted by atomic mass is 10.0. The van der Waals surface area contributed by atoms with Crippen molar-refractivity contribution in [2.45, 2.75) is 48.6 Å². The average Bonchev–Trinajstić information content (AvgIpc) is 3.67. The summed E-state index contributed by atoms with van der Waals surface area (Å²) in [5.41, 5.74) is 2.42. The maximum Gasteiger partial charge on any atom is 0.264 e. The number of fused-ring (bicyclic) bond motifs is 1. The van der Waals surface area contributed by atoms with Crippen LogP contribution in [0.2, 0.25) is 5.02 Å². The Morgan fingerprint density at radius 2 is 2.00 bits per heavy atom. The summed E-state index contributed by atoms with van der Waals surface area (Å²) in [5, 5.41) is 5.74. The Morgan fingerprint density at radius 1 is 1.27 bits per heavy atom. The quantitative estimate of drug-likeness (QED) is 0.681. The third kappa shape index (κ3) is 3.83. The molecule has 0 spiro atoms. The molecular formula is C22H23ClN2O3S2. The molecule has 8 heteroatoms. The fraction of sp³-hybridized carbons (Fsp3) is 0.455. The second kappa shape index (κ2) is 7.77. The molecule has 0 saturated heterocycles. The molecule has 2 amide bonds. The topological polar surface area (TPSA) is 66.5 Å². The van der Waals surface area contributed by atoms with E-state index in [-0.39, 0.29) is 16.6 Å².